The summed E-state index contributed by atoms with van der Waals surface area (Å²) in [4.78, 5) is 23.5. The van der Waals surface area contributed by atoms with E-state index in [0.717, 1.165) is 59.7 Å². The van der Waals surface area contributed by atoms with Gasteiger partial charge in [-0.05, 0) is 44.0 Å². The van der Waals surface area contributed by atoms with Gasteiger partial charge in [-0.3, -0.25) is 4.79 Å². The summed E-state index contributed by atoms with van der Waals surface area (Å²) in [6.07, 6.45) is 5.73. The molecule has 0 radical (unpaired) electrons. The molecule has 0 atom stereocenters. The number of piperazine rings is 1. The summed E-state index contributed by atoms with van der Waals surface area (Å²) in [5.74, 6) is 0.317. The van der Waals surface area contributed by atoms with Crippen molar-refractivity contribution in [2.75, 3.05) is 31.1 Å². The van der Waals surface area contributed by atoms with Crippen LogP contribution in [0.4, 0.5) is 5.95 Å². The molecule has 1 amide bonds. The minimum absolute atomic E-state index is 0.276. The Balaban J connectivity index is 1.80. The van der Waals surface area contributed by atoms with Crippen molar-refractivity contribution in [1.29, 1.82) is 0 Å². The van der Waals surface area contributed by atoms with E-state index in [9.17, 15) is 4.79 Å². The van der Waals surface area contributed by atoms with E-state index in [2.05, 4.69) is 50.9 Å². The summed E-state index contributed by atoms with van der Waals surface area (Å²) in [6.45, 7) is 9.95. The minimum atomic E-state index is -0.421. The van der Waals surface area contributed by atoms with E-state index in [1.165, 1.54) is 0 Å². The number of carbonyl (C=O) groups excluding carboxylic acids is 1. The maximum atomic E-state index is 12.2. The van der Waals surface area contributed by atoms with Crippen LogP contribution in [0.3, 0.4) is 0 Å². The van der Waals surface area contributed by atoms with E-state index in [-0.39, 0.29) is 6.04 Å². The molecule has 0 bridgehead atoms. The molecule has 4 rings (SSSR count). The van der Waals surface area contributed by atoms with Crippen LogP contribution >= 0.6 is 0 Å². The van der Waals surface area contributed by atoms with Gasteiger partial charge in [-0.1, -0.05) is 0 Å². The second kappa shape index (κ2) is 7.24. The minimum Gasteiger partial charge on any atom is -0.366 e. The molecular weight excluding hydrogens is 352 g/mol. The van der Waals surface area contributed by atoms with Gasteiger partial charge in [0.05, 0.1) is 0 Å². The Hall–Kier alpha value is -2.93. The zero-order valence-electron chi connectivity index (χ0n) is 16.6. The van der Waals surface area contributed by atoms with Crippen molar-refractivity contribution in [3.05, 3.63) is 41.9 Å². The number of benzene rings is 1. The Morgan fingerprint density at radius 1 is 1.14 bits per heavy atom. The number of rotatable bonds is 4. The number of anilines is 1. The molecule has 3 heterocycles. The molecule has 1 aliphatic heterocycles. The van der Waals surface area contributed by atoms with Gasteiger partial charge in [0.25, 0.3) is 0 Å². The number of amides is 1. The van der Waals surface area contributed by atoms with E-state index in [1.54, 1.807) is 0 Å². The highest BCUT2D eigenvalue weighted by molar-refractivity contribution is 6.08. The summed E-state index contributed by atoms with van der Waals surface area (Å²) in [5, 5.41) is 4.25. The van der Waals surface area contributed by atoms with Crippen LogP contribution in [0.2, 0.25) is 0 Å². The fraction of sp³-hybridized carbons (Fsp3) is 0.381. The van der Waals surface area contributed by atoms with Crippen molar-refractivity contribution in [3.8, 4) is 11.1 Å². The average Bonchev–Trinajstić information content (AvgIpc) is 3.05. The van der Waals surface area contributed by atoms with Crippen LogP contribution in [0, 0.1) is 6.92 Å². The van der Waals surface area contributed by atoms with Crippen LogP contribution in [0.1, 0.15) is 35.8 Å². The summed E-state index contributed by atoms with van der Waals surface area (Å²) in [5.41, 5.74) is 10.1. The lowest BCUT2D eigenvalue weighted by Crippen LogP contribution is -2.44. The van der Waals surface area contributed by atoms with Crippen molar-refractivity contribution in [2.45, 2.75) is 26.8 Å². The average molecular weight is 378 g/mol. The molecule has 28 heavy (non-hydrogen) atoms. The standard InChI is InChI=1S/C21H26N6O/c1-13(2)27-12-14(3)19-17(20(22)28)8-15(9-18(19)27)16-10-24-21(25-11-16)26-6-4-23-5-7-26/h8-13,23H,4-7H2,1-3H3,(H2,22,28). The van der Waals surface area contributed by atoms with Gasteiger partial charge in [-0.25, -0.2) is 9.97 Å². The SMILES string of the molecule is Cc1cn(C(C)C)c2cc(-c3cnc(N4CCNCC4)nc3)cc(C(N)=O)c12. The number of nitrogens with zero attached hydrogens (tertiary/aromatic N) is 4. The van der Waals surface area contributed by atoms with Crippen LogP contribution in [-0.4, -0.2) is 46.6 Å². The summed E-state index contributed by atoms with van der Waals surface area (Å²) in [7, 11) is 0. The van der Waals surface area contributed by atoms with Crippen LogP contribution < -0.4 is 16.0 Å². The Morgan fingerprint density at radius 3 is 2.43 bits per heavy atom. The monoisotopic (exact) mass is 378 g/mol. The molecule has 7 nitrogen and oxygen atoms in total. The number of aromatic nitrogens is 3. The Labute approximate surface area is 164 Å². The van der Waals surface area contributed by atoms with Crippen LogP contribution in [0.25, 0.3) is 22.0 Å². The largest absolute Gasteiger partial charge is 0.366 e. The number of nitrogens with one attached hydrogen (secondary N) is 1. The van der Waals surface area contributed by atoms with Gasteiger partial charge in [-0.2, -0.15) is 0 Å². The molecule has 0 aliphatic carbocycles. The van der Waals surface area contributed by atoms with Crippen molar-refractivity contribution in [3.63, 3.8) is 0 Å². The molecule has 7 heteroatoms. The summed E-state index contributed by atoms with van der Waals surface area (Å²) >= 11 is 0. The molecule has 146 valence electrons. The third-order valence-corrected chi connectivity index (χ3v) is 5.32. The third kappa shape index (κ3) is 3.22. The van der Waals surface area contributed by atoms with Crippen molar-refractivity contribution < 1.29 is 4.79 Å². The number of hydrogen-bond donors (Lipinski definition) is 2. The van der Waals surface area contributed by atoms with Gasteiger partial charge in [0, 0.05) is 72.8 Å². The fourth-order valence-corrected chi connectivity index (χ4v) is 3.87. The first kappa shape index (κ1) is 18.4. The maximum Gasteiger partial charge on any atom is 0.249 e. The highest BCUT2D eigenvalue weighted by atomic mass is 16.1. The molecule has 2 aromatic heterocycles. The lowest BCUT2D eigenvalue weighted by Gasteiger charge is -2.27. The summed E-state index contributed by atoms with van der Waals surface area (Å²) < 4.78 is 2.18. The molecule has 0 unspecified atom stereocenters. The molecule has 1 fully saturated rings. The van der Waals surface area contributed by atoms with E-state index < -0.39 is 5.91 Å². The first-order valence-electron chi connectivity index (χ1n) is 9.69. The van der Waals surface area contributed by atoms with Gasteiger partial charge in [-0.15, -0.1) is 0 Å². The number of aryl methyl sites for hydroxylation is 1. The molecule has 1 aromatic carbocycles. The number of hydrogen-bond acceptors (Lipinski definition) is 5. The second-order valence-electron chi connectivity index (χ2n) is 7.60. The number of fused-ring (bicyclic) bond motifs is 1. The Bertz CT molecular complexity index is 1020. The molecule has 0 spiro atoms. The van der Waals surface area contributed by atoms with Gasteiger partial charge < -0.3 is 20.5 Å². The molecule has 1 aliphatic rings. The van der Waals surface area contributed by atoms with Gasteiger partial charge in [0.15, 0.2) is 0 Å². The quantitative estimate of drug-likeness (QED) is 0.728. The van der Waals surface area contributed by atoms with Crippen molar-refractivity contribution in [1.82, 2.24) is 19.9 Å². The van der Waals surface area contributed by atoms with Crippen molar-refractivity contribution >= 4 is 22.8 Å². The number of nitrogens with two attached hydrogens (primary N) is 1. The molecule has 3 N–H and O–H groups in total. The van der Waals surface area contributed by atoms with Gasteiger partial charge >= 0.3 is 0 Å². The van der Waals surface area contributed by atoms with E-state index in [4.69, 9.17) is 5.73 Å². The van der Waals surface area contributed by atoms with Gasteiger partial charge in [0.1, 0.15) is 0 Å². The third-order valence-electron chi connectivity index (χ3n) is 5.32. The Morgan fingerprint density at radius 2 is 1.82 bits per heavy atom. The van der Waals surface area contributed by atoms with E-state index in [0.29, 0.717) is 5.56 Å². The highest BCUT2D eigenvalue weighted by Gasteiger charge is 2.18. The zero-order chi connectivity index (χ0) is 19.8. The van der Waals surface area contributed by atoms with E-state index in [1.807, 2.05) is 25.4 Å². The predicted molar refractivity (Wildman–Crippen MR) is 112 cm³/mol. The predicted octanol–water partition coefficient (Wildman–Crippen LogP) is 2.50. The number of primary amides is 1. The molecule has 3 aromatic rings. The van der Waals surface area contributed by atoms with Crippen LogP contribution in [-0.2, 0) is 0 Å². The molecular formula is C21H26N6O. The molecule has 1 saturated heterocycles. The van der Waals surface area contributed by atoms with Crippen LogP contribution in [0.5, 0.6) is 0 Å². The molecule has 0 saturated carbocycles. The summed E-state index contributed by atoms with van der Waals surface area (Å²) in [6, 6.07) is 4.22. The smallest absolute Gasteiger partial charge is 0.249 e. The Kier molecular flexibility index (Phi) is 4.77. The lowest BCUT2D eigenvalue weighted by atomic mass is 10.00. The van der Waals surface area contributed by atoms with Crippen molar-refractivity contribution in [2.24, 2.45) is 5.73 Å². The van der Waals surface area contributed by atoms with E-state index >= 15 is 0 Å². The fourth-order valence-electron chi connectivity index (χ4n) is 3.87. The normalized spacial score (nSPS) is 14.8. The lowest BCUT2D eigenvalue weighted by molar-refractivity contribution is 0.100. The first-order valence-corrected chi connectivity index (χ1v) is 9.69. The zero-order valence-corrected chi connectivity index (χ0v) is 16.6. The topological polar surface area (TPSA) is 89.1 Å². The first-order chi connectivity index (χ1) is 13.5. The maximum absolute atomic E-state index is 12.2. The van der Waals surface area contributed by atoms with Gasteiger partial charge in [0.2, 0.25) is 11.9 Å². The number of carbonyl (C=O) groups is 1. The second-order valence-corrected chi connectivity index (χ2v) is 7.60. The highest BCUT2D eigenvalue weighted by Crippen LogP contribution is 2.32. The van der Waals surface area contributed by atoms with Crippen LogP contribution in [0.15, 0.2) is 30.7 Å².